The van der Waals surface area contributed by atoms with E-state index in [1.807, 2.05) is 32.0 Å². The van der Waals surface area contributed by atoms with Crippen LogP contribution < -0.4 is 20.1 Å². The molecule has 3 amide bonds. The lowest BCUT2D eigenvalue weighted by molar-refractivity contribution is -0.122. The highest BCUT2D eigenvalue weighted by molar-refractivity contribution is 6.08. The second kappa shape index (κ2) is 8.53. The largest absolute Gasteiger partial charge is 0.493 e. The summed E-state index contributed by atoms with van der Waals surface area (Å²) in [5.41, 5.74) is 2.98. The summed E-state index contributed by atoms with van der Waals surface area (Å²) >= 11 is 0. The monoisotopic (exact) mass is 437 g/mol. The van der Waals surface area contributed by atoms with Crippen LogP contribution in [0.2, 0.25) is 0 Å². The molecule has 2 saturated heterocycles. The molecule has 8 heteroatoms. The second-order valence-electron chi connectivity index (χ2n) is 8.30. The number of methoxy groups -OCH3 is 2. The van der Waals surface area contributed by atoms with E-state index in [4.69, 9.17) is 9.47 Å². The minimum Gasteiger partial charge on any atom is -0.493 e. The minimum atomic E-state index is -0.294. The average molecular weight is 437 g/mol. The third kappa shape index (κ3) is 3.77. The van der Waals surface area contributed by atoms with Crippen LogP contribution in [-0.2, 0) is 4.79 Å². The molecule has 2 N–H and O–H groups in total. The molecule has 0 radical (unpaired) electrons. The van der Waals surface area contributed by atoms with Crippen LogP contribution in [-0.4, -0.2) is 56.5 Å². The van der Waals surface area contributed by atoms with Crippen molar-refractivity contribution in [1.29, 1.82) is 0 Å². The molecule has 8 nitrogen and oxygen atoms in total. The lowest BCUT2D eigenvalue weighted by Crippen LogP contribution is -2.33. The van der Waals surface area contributed by atoms with Gasteiger partial charge in [-0.2, -0.15) is 0 Å². The fourth-order valence-corrected chi connectivity index (χ4v) is 4.62. The van der Waals surface area contributed by atoms with Crippen molar-refractivity contribution >= 4 is 23.4 Å². The summed E-state index contributed by atoms with van der Waals surface area (Å²) < 4.78 is 10.9. The molecule has 2 heterocycles. The van der Waals surface area contributed by atoms with Crippen LogP contribution in [0.1, 0.15) is 31.8 Å². The van der Waals surface area contributed by atoms with E-state index in [9.17, 15) is 14.4 Å². The van der Waals surface area contributed by atoms with Crippen LogP contribution in [0.5, 0.6) is 11.5 Å². The number of carbonyl (C=O) groups excluding carboxylic acids is 3. The molecule has 2 aliphatic rings. The van der Waals surface area contributed by atoms with Gasteiger partial charge in [0.05, 0.1) is 25.8 Å². The first-order chi connectivity index (χ1) is 15.3. The smallest absolute Gasteiger partial charge is 0.256 e. The molecule has 2 aromatic rings. The Hall–Kier alpha value is -3.55. The van der Waals surface area contributed by atoms with Crippen molar-refractivity contribution in [3.05, 3.63) is 52.6 Å². The summed E-state index contributed by atoms with van der Waals surface area (Å²) in [5, 5.41) is 5.74. The summed E-state index contributed by atoms with van der Waals surface area (Å²) in [5.74, 6) is 0.138. The first-order valence-electron chi connectivity index (χ1n) is 10.5. The molecule has 0 spiro atoms. The number of aryl methyl sites for hydroxylation is 2. The molecule has 2 fully saturated rings. The third-order valence-corrected chi connectivity index (χ3v) is 6.29. The summed E-state index contributed by atoms with van der Waals surface area (Å²) in [7, 11) is 2.96. The topological polar surface area (TPSA) is 97.0 Å². The Balaban J connectivity index is 1.65. The summed E-state index contributed by atoms with van der Waals surface area (Å²) in [6.45, 7) is 5.24. The van der Waals surface area contributed by atoms with Crippen LogP contribution in [0.3, 0.4) is 0 Å². The van der Waals surface area contributed by atoms with Crippen molar-refractivity contribution in [3.63, 3.8) is 0 Å². The SMILES string of the molecule is COc1cc(C(=O)N2C[C@@H]3CNC(=O)[C@@H]3C2)cc(NC(=O)c2c(C)cccc2C)c1OC. The number of benzene rings is 2. The normalized spacial score (nSPS) is 19.4. The number of hydrogen-bond donors (Lipinski definition) is 2. The van der Waals surface area contributed by atoms with E-state index in [-0.39, 0.29) is 29.6 Å². The van der Waals surface area contributed by atoms with Crippen molar-refractivity contribution in [2.75, 3.05) is 39.2 Å². The lowest BCUT2D eigenvalue weighted by Gasteiger charge is -2.20. The maximum Gasteiger partial charge on any atom is 0.256 e. The molecule has 2 aliphatic heterocycles. The number of rotatable bonds is 5. The number of amides is 3. The van der Waals surface area contributed by atoms with Gasteiger partial charge in [0.25, 0.3) is 11.8 Å². The number of carbonyl (C=O) groups is 3. The molecule has 2 aromatic carbocycles. The highest BCUT2D eigenvalue weighted by atomic mass is 16.5. The van der Waals surface area contributed by atoms with E-state index in [0.717, 1.165) is 11.1 Å². The zero-order valence-electron chi connectivity index (χ0n) is 18.7. The molecular formula is C24H27N3O5. The molecule has 4 rings (SSSR count). The number of ether oxygens (including phenoxy) is 2. The van der Waals surface area contributed by atoms with Gasteiger partial charge in [-0.3, -0.25) is 14.4 Å². The van der Waals surface area contributed by atoms with E-state index >= 15 is 0 Å². The molecular weight excluding hydrogens is 410 g/mol. The van der Waals surface area contributed by atoms with Crippen molar-refractivity contribution in [1.82, 2.24) is 10.2 Å². The minimum absolute atomic E-state index is 0.000774. The Morgan fingerprint density at radius 3 is 2.44 bits per heavy atom. The standard InChI is InChI=1S/C24H27N3O5/c1-13-6-5-7-14(2)20(13)23(29)26-18-8-15(9-19(31-3)21(18)32-4)24(30)27-11-16-10-25-22(28)17(16)12-27/h5-9,16-17H,10-12H2,1-4H3,(H,25,28)(H,26,29)/t16-,17+/m0/s1. The first kappa shape index (κ1) is 21.7. The quantitative estimate of drug-likeness (QED) is 0.749. The summed E-state index contributed by atoms with van der Waals surface area (Å²) in [4.78, 5) is 40.0. The average Bonchev–Trinajstić information content (AvgIpc) is 3.34. The van der Waals surface area contributed by atoms with Gasteiger partial charge in [0.2, 0.25) is 5.91 Å². The van der Waals surface area contributed by atoms with Crippen molar-refractivity contribution < 1.29 is 23.9 Å². The number of nitrogens with one attached hydrogen (secondary N) is 2. The second-order valence-corrected chi connectivity index (χ2v) is 8.30. The van der Waals surface area contributed by atoms with E-state index in [1.54, 1.807) is 17.0 Å². The third-order valence-electron chi connectivity index (χ3n) is 6.29. The number of fused-ring (bicyclic) bond motifs is 1. The van der Waals surface area contributed by atoms with Gasteiger partial charge < -0.3 is 25.0 Å². The molecule has 0 bridgehead atoms. The Labute approximate surface area is 186 Å². The van der Waals surface area contributed by atoms with Gasteiger partial charge in [0, 0.05) is 36.7 Å². The lowest BCUT2D eigenvalue weighted by atomic mass is 10.0. The van der Waals surface area contributed by atoms with Gasteiger partial charge >= 0.3 is 0 Å². The van der Waals surface area contributed by atoms with Crippen molar-refractivity contribution in [3.8, 4) is 11.5 Å². The van der Waals surface area contributed by atoms with Gasteiger partial charge in [0.15, 0.2) is 11.5 Å². The fraction of sp³-hybridized carbons (Fsp3) is 0.375. The summed E-state index contributed by atoms with van der Waals surface area (Å²) in [6.07, 6.45) is 0. The zero-order valence-corrected chi connectivity index (χ0v) is 18.7. The predicted molar refractivity (Wildman–Crippen MR) is 119 cm³/mol. The zero-order chi connectivity index (χ0) is 23.0. The van der Waals surface area contributed by atoms with Gasteiger partial charge in [-0.15, -0.1) is 0 Å². The van der Waals surface area contributed by atoms with Crippen LogP contribution in [0.25, 0.3) is 0 Å². The maximum absolute atomic E-state index is 13.3. The Bertz CT molecular complexity index is 1080. The molecule has 0 aliphatic carbocycles. The maximum atomic E-state index is 13.3. The number of anilines is 1. The molecule has 0 saturated carbocycles. The van der Waals surface area contributed by atoms with Crippen LogP contribution >= 0.6 is 0 Å². The Morgan fingerprint density at radius 1 is 1.09 bits per heavy atom. The van der Waals surface area contributed by atoms with Crippen molar-refractivity contribution in [2.45, 2.75) is 13.8 Å². The molecule has 0 unspecified atom stereocenters. The van der Waals surface area contributed by atoms with Crippen LogP contribution in [0, 0.1) is 25.7 Å². The highest BCUT2D eigenvalue weighted by Crippen LogP contribution is 2.38. The van der Waals surface area contributed by atoms with Crippen LogP contribution in [0.4, 0.5) is 5.69 Å². The van der Waals surface area contributed by atoms with E-state index < -0.39 is 0 Å². The van der Waals surface area contributed by atoms with Gasteiger partial charge in [-0.25, -0.2) is 0 Å². The molecule has 168 valence electrons. The van der Waals surface area contributed by atoms with Crippen LogP contribution in [0.15, 0.2) is 30.3 Å². The van der Waals surface area contributed by atoms with Gasteiger partial charge in [0.1, 0.15) is 0 Å². The fourth-order valence-electron chi connectivity index (χ4n) is 4.62. The number of nitrogens with zero attached hydrogens (tertiary/aromatic N) is 1. The van der Waals surface area contributed by atoms with Gasteiger partial charge in [-0.05, 0) is 37.1 Å². The number of likely N-dealkylation sites (tertiary alicyclic amines) is 1. The Morgan fingerprint density at radius 2 is 1.81 bits per heavy atom. The van der Waals surface area contributed by atoms with E-state index in [1.165, 1.54) is 14.2 Å². The Kier molecular flexibility index (Phi) is 5.78. The highest BCUT2D eigenvalue weighted by Gasteiger charge is 2.43. The van der Waals surface area contributed by atoms with Gasteiger partial charge in [-0.1, -0.05) is 18.2 Å². The molecule has 2 atom stereocenters. The molecule has 32 heavy (non-hydrogen) atoms. The first-order valence-corrected chi connectivity index (χ1v) is 10.5. The number of hydrogen-bond acceptors (Lipinski definition) is 5. The van der Waals surface area contributed by atoms with E-state index in [2.05, 4.69) is 10.6 Å². The summed E-state index contributed by atoms with van der Waals surface area (Å²) in [6, 6.07) is 8.85. The predicted octanol–water partition coefficient (Wildman–Crippen LogP) is 2.39. The van der Waals surface area contributed by atoms with E-state index in [0.29, 0.717) is 47.9 Å². The van der Waals surface area contributed by atoms with Crippen molar-refractivity contribution in [2.24, 2.45) is 11.8 Å². The molecule has 0 aromatic heterocycles.